The predicted octanol–water partition coefficient (Wildman–Crippen LogP) is 1.42. The van der Waals surface area contributed by atoms with Crippen LogP contribution >= 0.6 is 0 Å². The Hall–Kier alpha value is -1.67. The van der Waals surface area contributed by atoms with E-state index in [2.05, 4.69) is 15.2 Å². The molecule has 2 bridgehead atoms. The van der Waals surface area contributed by atoms with E-state index in [1.165, 1.54) is 19.0 Å². The maximum absolute atomic E-state index is 13.2. The number of rotatable bonds is 1. The minimum Gasteiger partial charge on any atom is -0.369 e. The highest BCUT2D eigenvalue weighted by Crippen LogP contribution is 2.25. The second kappa shape index (κ2) is 4.54. The number of anilines is 1. The molecule has 1 aromatic rings. The van der Waals surface area contributed by atoms with E-state index >= 15 is 0 Å². The summed E-state index contributed by atoms with van der Waals surface area (Å²) in [6, 6.07) is 4.57. The molecule has 5 heteroatoms. The van der Waals surface area contributed by atoms with E-state index in [0.29, 0.717) is 12.1 Å². The predicted molar refractivity (Wildman–Crippen MR) is 65.7 cm³/mol. The molecule has 0 amide bonds. The number of halogens is 1. The van der Waals surface area contributed by atoms with Gasteiger partial charge in [-0.2, -0.15) is 9.65 Å². The van der Waals surface area contributed by atoms with Crippen LogP contribution in [-0.2, 0) is 0 Å². The van der Waals surface area contributed by atoms with E-state index in [1.54, 1.807) is 6.07 Å². The third kappa shape index (κ3) is 2.04. The Labute approximate surface area is 105 Å². The second-order valence-electron chi connectivity index (χ2n) is 5.02. The molecule has 2 aliphatic rings. The smallest absolute Gasteiger partial charge is 0.230 e. The summed E-state index contributed by atoms with van der Waals surface area (Å²) in [5.74, 6) is -0.685. The second-order valence-corrected chi connectivity index (χ2v) is 5.02. The van der Waals surface area contributed by atoms with Gasteiger partial charge in [0.15, 0.2) is 0 Å². The topological polar surface area (TPSA) is 52.0 Å². The van der Waals surface area contributed by atoms with Gasteiger partial charge in [0, 0.05) is 25.2 Å². The zero-order chi connectivity index (χ0) is 12.5. The van der Waals surface area contributed by atoms with Gasteiger partial charge in [-0.1, -0.05) is 0 Å². The third-order valence-electron chi connectivity index (χ3n) is 3.83. The largest absolute Gasteiger partial charge is 0.369 e. The monoisotopic (exact) mass is 246 g/mol. The zero-order valence-corrected chi connectivity index (χ0v) is 10.1. The molecule has 3 rings (SSSR count). The van der Waals surface area contributed by atoms with Crippen molar-refractivity contribution in [3.8, 4) is 6.07 Å². The molecule has 2 saturated heterocycles. The molecule has 1 N–H and O–H groups in total. The number of nitrogens with zero attached hydrogens (tertiary/aromatic N) is 3. The van der Waals surface area contributed by atoms with Crippen molar-refractivity contribution < 1.29 is 4.39 Å². The van der Waals surface area contributed by atoms with Crippen LogP contribution in [0.1, 0.15) is 24.8 Å². The van der Waals surface area contributed by atoms with Crippen LogP contribution in [0.15, 0.2) is 12.3 Å². The van der Waals surface area contributed by atoms with Gasteiger partial charge in [-0.15, -0.1) is 0 Å². The highest BCUT2D eigenvalue weighted by molar-refractivity contribution is 5.49. The minimum atomic E-state index is -0.685. The van der Waals surface area contributed by atoms with Crippen LogP contribution < -0.4 is 10.2 Å². The third-order valence-corrected chi connectivity index (χ3v) is 3.83. The Balaban J connectivity index is 1.84. The molecule has 3 heterocycles. The molecule has 4 nitrogen and oxygen atoms in total. The van der Waals surface area contributed by atoms with Gasteiger partial charge in [-0.05, 0) is 25.3 Å². The van der Waals surface area contributed by atoms with Crippen LogP contribution in [0.25, 0.3) is 0 Å². The van der Waals surface area contributed by atoms with Gasteiger partial charge >= 0.3 is 0 Å². The van der Waals surface area contributed by atoms with Gasteiger partial charge in [0.2, 0.25) is 5.95 Å². The molecule has 0 radical (unpaired) electrons. The number of nitriles is 1. The van der Waals surface area contributed by atoms with E-state index in [4.69, 9.17) is 5.26 Å². The Morgan fingerprint density at radius 1 is 1.39 bits per heavy atom. The fraction of sp³-hybridized carbons (Fsp3) is 0.538. The zero-order valence-electron chi connectivity index (χ0n) is 10.1. The molecular weight excluding hydrogens is 231 g/mol. The number of fused-ring (bicyclic) bond motifs is 2. The van der Waals surface area contributed by atoms with E-state index < -0.39 is 5.95 Å². The molecule has 2 fully saturated rings. The first kappa shape index (κ1) is 11.4. The Morgan fingerprint density at radius 3 is 3.06 bits per heavy atom. The van der Waals surface area contributed by atoms with Crippen molar-refractivity contribution in [1.82, 2.24) is 10.3 Å². The summed E-state index contributed by atoms with van der Waals surface area (Å²) in [6.07, 6.45) is 5.06. The van der Waals surface area contributed by atoms with E-state index in [0.717, 1.165) is 25.2 Å². The Morgan fingerprint density at radius 2 is 2.22 bits per heavy atom. The summed E-state index contributed by atoms with van der Waals surface area (Å²) in [5.41, 5.74) is 0.872. The molecule has 2 atom stereocenters. The highest BCUT2D eigenvalue weighted by Gasteiger charge is 2.29. The lowest BCUT2D eigenvalue weighted by Crippen LogP contribution is -2.35. The fourth-order valence-electron chi connectivity index (χ4n) is 2.87. The minimum absolute atomic E-state index is 0.0230. The molecule has 0 spiro atoms. The van der Waals surface area contributed by atoms with Gasteiger partial charge in [0.1, 0.15) is 11.6 Å². The van der Waals surface area contributed by atoms with E-state index in [1.807, 2.05) is 6.07 Å². The van der Waals surface area contributed by atoms with Crippen LogP contribution in [0.5, 0.6) is 0 Å². The standard InChI is InChI=1S/C13H15FN4/c14-13-9(6-15)5-12(7-16-13)18-4-3-10-1-2-11(8-18)17-10/h5,7,10-11,17H,1-4,8H2/t10-,11+/m1/s1. The first-order chi connectivity index (χ1) is 8.76. The normalized spacial score (nSPS) is 26.8. The Kier molecular flexibility index (Phi) is 2.88. The van der Waals surface area contributed by atoms with Gasteiger partial charge in [0.05, 0.1) is 11.9 Å². The summed E-state index contributed by atoms with van der Waals surface area (Å²) >= 11 is 0. The van der Waals surface area contributed by atoms with Crippen LogP contribution in [-0.4, -0.2) is 30.2 Å². The average molecular weight is 246 g/mol. The van der Waals surface area contributed by atoms with Crippen LogP contribution in [0.3, 0.4) is 0 Å². The quantitative estimate of drug-likeness (QED) is 0.761. The first-order valence-corrected chi connectivity index (χ1v) is 6.33. The van der Waals surface area contributed by atoms with Gasteiger partial charge in [0.25, 0.3) is 0 Å². The molecular formula is C13H15FN4. The molecule has 1 aromatic heterocycles. The average Bonchev–Trinajstić information content (AvgIpc) is 2.70. The molecule has 0 saturated carbocycles. The number of hydrogen-bond donors (Lipinski definition) is 1. The Bertz CT molecular complexity index is 496. The fourth-order valence-corrected chi connectivity index (χ4v) is 2.87. The van der Waals surface area contributed by atoms with Gasteiger partial charge in [-0.3, -0.25) is 0 Å². The summed E-state index contributed by atoms with van der Waals surface area (Å²) in [5, 5.41) is 12.4. The SMILES string of the molecule is N#Cc1cc(N2CC[C@H]3CC[C@@H](C2)N3)cnc1F. The van der Waals surface area contributed by atoms with Crippen molar-refractivity contribution in [3.05, 3.63) is 23.8 Å². The lowest BCUT2D eigenvalue weighted by Gasteiger charge is -2.26. The van der Waals surface area contributed by atoms with Crippen LogP contribution in [0.2, 0.25) is 0 Å². The van der Waals surface area contributed by atoms with E-state index in [9.17, 15) is 4.39 Å². The summed E-state index contributed by atoms with van der Waals surface area (Å²) in [6.45, 7) is 1.85. The lowest BCUT2D eigenvalue weighted by atomic mass is 10.1. The summed E-state index contributed by atoms with van der Waals surface area (Å²) in [4.78, 5) is 5.87. The maximum atomic E-state index is 13.2. The molecule has 94 valence electrons. The number of nitrogens with one attached hydrogen (secondary N) is 1. The molecule has 0 unspecified atom stereocenters. The van der Waals surface area contributed by atoms with Crippen molar-refractivity contribution in [3.63, 3.8) is 0 Å². The highest BCUT2D eigenvalue weighted by atomic mass is 19.1. The molecule has 18 heavy (non-hydrogen) atoms. The molecule has 0 aromatic carbocycles. The number of aromatic nitrogens is 1. The van der Waals surface area contributed by atoms with Crippen LogP contribution in [0, 0.1) is 17.3 Å². The van der Waals surface area contributed by atoms with E-state index in [-0.39, 0.29) is 5.56 Å². The molecule has 2 aliphatic heterocycles. The van der Waals surface area contributed by atoms with Crippen molar-refractivity contribution in [2.24, 2.45) is 0 Å². The maximum Gasteiger partial charge on any atom is 0.230 e. The first-order valence-electron chi connectivity index (χ1n) is 6.33. The van der Waals surface area contributed by atoms with Crippen molar-refractivity contribution in [1.29, 1.82) is 5.26 Å². The number of hydrogen-bond acceptors (Lipinski definition) is 4. The van der Waals surface area contributed by atoms with Crippen molar-refractivity contribution >= 4 is 5.69 Å². The van der Waals surface area contributed by atoms with Crippen LogP contribution in [0.4, 0.5) is 10.1 Å². The number of pyridine rings is 1. The van der Waals surface area contributed by atoms with Crippen molar-refractivity contribution in [2.45, 2.75) is 31.3 Å². The lowest BCUT2D eigenvalue weighted by molar-refractivity contribution is 0.563. The van der Waals surface area contributed by atoms with Gasteiger partial charge < -0.3 is 10.2 Å². The molecule has 0 aliphatic carbocycles. The van der Waals surface area contributed by atoms with Crippen molar-refractivity contribution in [2.75, 3.05) is 18.0 Å². The summed E-state index contributed by atoms with van der Waals surface area (Å²) < 4.78 is 13.2. The summed E-state index contributed by atoms with van der Waals surface area (Å²) in [7, 11) is 0. The van der Waals surface area contributed by atoms with Gasteiger partial charge in [-0.25, -0.2) is 4.98 Å².